The summed E-state index contributed by atoms with van der Waals surface area (Å²) >= 11 is 0. The highest BCUT2D eigenvalue weighted by atomic mass is 16.5. The van der Waals surface area contributed by atoms with Crippen LogP contribution >= 0.6 is 0 Å². The van der Waals surface area contributed by atoms with Crippen LogP contribution in [0.2, 0.25) is 0 Å². The molecule has 1 aliphatic heterocycles. The Morgan fingerprint density at radius 1 is 0.929 bits per heavy atom. The van der Waals surface area contributed by atoms with Crippen molar-refractivity contribution < 1.29 is 9.47 Å². The number of hydrogen-bond acceptors (Lipinski definition) is 6. The summed E-state index contributed by atoms with van der Waals surface area (Å²) in [5, 5.41) is 2.85. The standard InChI is InChI=1S/C22H24N4O2/c23-26-14-13-24-22(26)6-3-15-27-19-9-11-20(12-10-19)28-16-18-8-7-17-4-1-2-5-21(17)25-18/h1-2,4-5,7-12H,3,6,13-16,23H2. The van der Waals surface area contributed by atoms with Crippen molar-refractivity contribution in [2.45, 2.75) is 19.4 Å². The smallest absolute Gasteiger partial charge is 0.130 e. The molecule has 6 nitrogen and oxygen atoms in total. The number of pyridine rings is 1. The number of hydrogen-bond donors (Lipinski definition) is 1. The molecule has 28 heavy (non-hydrogen) atoms. The van der Waals surface area contributed by atoms with Crippen LogP contribution in [-0.2, 0) is 6.61 Å². The van der Waals surface area contributed by atoms with Gasteiger partial charge >= 0.3 is 0 Å². The predicted molar refractivity (Wildman–Crippen MR) is 110 cm³/mol. The average Bonchev–Trinajstić information content (AvgIpc) is 3.15. The number of aromatic nitrogens is 1. The zero-order valence-corrected chi connectivity index (χ0v) is 15.8. The summed E-state index contributed by atoms with van der Waals surface area (Å²) in [4.78, 5) is 9.00. The van der Waals surface area contributed by atoms with E-state index < -0.39 is 0 Å². The minimum absolute atomic E-state index is 0.433. The molecule has 0 saturated heterocycles. The van der Waals surface area contributed by atoms with Gasteiger partial charge in [0.1, 0.15) is 23.9 Å². The predicted octanol–water partition coefficient (Wildman–Crippen LogP) is 3.56. The van der Waals surface area contributed by atoms with Gasteiger partial charge in [0.15, 0.2) is 0 Å². The molecular weight excluding hydrogens is 352 g/mol. The molecule has 3 aromatic rings. The second kappa shape index (κ2) is 8.71. The Hall–Kier alpha value is -3.12. The first-order chi connectivity index (χ1) is 13.8. The van der Waals surface area contributed by atoms with Crippen molar-refractivity contribution in [3.8, 4) is 11.5 Å². The maximum atomic E-state index is 5.85. The van der Waals surface area contributed by atoms with E-state index in [2.05, 4.69) is 22.1 Å². The molecule has 0 atom stereocenters. The Morgan fingerprint density at radius 3 is 2.50 bits per heavy atom. The Kier molecular flexibility index (Phi) is 5.68. The number of aliphatic imine (C=N–C) groups is 1. The van der Waals surface area contributed by atoms with Crippen molar-refractivity contribution in [1.82, 2.24) is 9.99 Å². The number of fused-ring (bicyclic) bond motifs is 1. The van der Waals surface area contributed by atoms with Crippen molar-refractivity contribution in [2.75, 3.05) is 19.7 Å². The number of nitrogens with two attached hydrogens (primary N) is 1. The summed E-state index contributed by atoms with van der Waals surface area (Å²) in [6.45, 7) is 2.67. The van der Waals surface area contributed by atoms with E-state index in [4.69, 9.17) is 15.3 Å². The Balaban J connectivity index is 1.23. The average molecular weight is 376 g/mol. The van der Waals surface area contributed by atoms with Gasteiger partial charge in [0.05, 0.1) is 30.9 Å². The van der Waals surface area contributed by atoms with Gasteiger partial charge in [-0.3, -0.25) is 10.0 Å². The first-order valence-corrected chi connectivity index (χ1v) is 9.54. The van der Waals surface area contributed by atoms with E-state index >= 15 is 0 Å². The van der Waals surface area contributed by atoms with Gasteiger partial charge in [0.2, 0.25) is 0 Å². The topological polar surface area (TPSA) is 73.0 Å². The third kappa shape index (κ3) is 4.58. The van der Waals surface area contributed by atoms with Crippen LogP contribution in [0.5, 0.6) is 11.5 Å². The second-order valence-corrected chi connectivity index (χ2v) is 6.70. The van der Waals surface area contributed by atoms with E-state index in [0.717, 1.165) is 59.9 Å². The summed E-state index contributed by atoms with van der Waals surface area (Å²) in [6.07, 6.45) is 1.73. The lowest BCUT2D eigenvalue weighted by molar-refractivity contribution is 0.297. The third-order valence-corrected chi connectivity index (χ3v) is 4.65. The van der Waals surface area contributed by atoms with E-state index in [-0.39, 0.29) is 0 Å². The first-order valence-electron chi connectivity index (χ1n) is 9.54. The van der Waals surface area contributed by atoms with Gasteiger partial charge in [0.25, 0.3) is 0 Å². The van der Waals surface area contributed by atoms with Crippen LogP contribution in [0.4, 0.5) is 0 Å². The Bertz CT molecular complexity index is 956. The molecule has 1 aromatic heterocycles. The fourth-order valence-corrected chi connectivity index (χ4v) is 3.13. The molecule has 0 aliphatic carbocycles. The molecule has 0 radical (unpaired) electrons. The van der Waals surface area contributed by atoms with Crippen LogP contribution in [0.3, 0.4) is 0 Å². The number of hydrazine groups is 1. The minimum atomic E-state index is 0.433. The fraction of sp³-hybridized carbons (Fsp3) is 0.273. The van der Waals surface area contributed by atoms with Crippen molar-refractivity contribution in [3.63, 3.8) is 0 Å². The van der Waals surface area contributed by atoms with Crippen LogP contribution in [0, 0.1) is 0 Å². The minimum Gasteiger partial charge on any atom is -0.494 e. The van der Waals surface area contributed by atoms with E-state index in [1.54, 1.807) is 5.01 Å². The van der Waals surface area contributed by atoms with Crippen LogP contribution < -0.4 is 15.3 Å². The molecule has 2 aromatic carbocycles. The van der Waals surface area contributed by atoms with Crippen LogP contribution in [-0.4, -0.2) is 35.5 Å². The Labute approximate surface area is 164 Å². The molecule has 2 N–H and O–H groups in total. The molecule has 6 heteroatoms. The van der Waals surface area contributed by atoms with Gasteiger partial charge in [-0.05, 0) is 42.8 Å². The summed E-state index contributed by atoms with van der Waals surface area (Å²) in [6, 6.07) is 19.8. The number of amidine groups is 1. The van der Waals surface area contributed by atoms with Gasteiger partial charge < -0.3 is 9.47 Å². The maximum Gasteiger partial charge on any atom is 0.130 e. The molecule has 0 saturated carbocycles. The lowest BCUT2D eigenvalue weighted by atomic mass is 10.2. The van der Waals surface area contributed by atoms with Crippen LogP contribution in [0.1, 0.15) is 18.5 Å². The van der Waals surface area contributed by atoms with Crippen LogP contribution in [0.15, 0.2) is 65.7 Å². The molecule has 0 bridgehead atoms. The molecule has 0 fully saturated rings. The monoisotopic (exact) mass is 376 g/mol. The summed E-state index contributed by atoms with van der Waals surface area (Å²) in [7, 11) is 0. The first kappa shape index (κ1) is 18.3. The van der Waals surface area contributed by atoms with Gasteiger partial charge in [-0.25, -0.2) is 10.8 Å². The summed E-state index contributed by atoms with van der Waals surface area (Å²) in [5.41, 5.74) is 1.89. The lowest BCUT2D eigenvalue weighted by Gasteiger charge is -2.13. The quantitative estimate of drug-likeness (QED) is 0.481. The normalized spacial score (nSPS) is 13.6. The van der Waals surface area contributed by atoms with Crippen molar-refractivity contribution >= 4 is 16.7 Å². The molecule has 4 rings (SSSR count). The number of ether oxygens (including phenoxy) is 2. The fourth-order valence-electron chi connectivity index (χ4n) is 3.13. The summed E-state index contributed by atoms with van der Waals surface area (Å²) < 4.78 is 11.6. The zero-order chi connectivity index (χ0) is 19.2. The largest absolute Gasteiger partial charge is 0.494 e. The second-order valence-electron chi connectivity index (χ2n) is 6.70. The molecule has 2 heterocycles. The summed E-state index contributed by atoms with van der Waals surface area (Å²) in [5.74, 6) is 8.42. The number of rotatable bonds is 8. The van der Waals surface area contributed by atoms with Gasteiger partial charge in [-0.1, -0.05) is 24.3 Å². The highest BCUT2D eigenvalue weighted by Crippen LogP contribution is 2.19. The van der Waals surface area contributed by atoms with Crippen LogP contribution in [0.25, 0.3) is 10.9 Å². The van der Waals surface area contributed by atoms with Crippen molar-refractivity contribution in [1.29, 1.82) is 0 Å². The number of nitrogens with zero attached hydrogens (tertiary/aromatic N) is 3. The lowest BCUT2D eigenvalue weighted by Crippen LogP contribution is -2.34. The van der Waals surface area contributed by atoms with E-state index in [9.17, 15) is 0 Å². The van der Waals surface area contributed by atoms with Gasteiger partial charge in [0, 0.05) is 11.8 Å². The molecular formula is C22H24N4O2. The highest BCUT2D eigenvalue weighted by molar-refractivity contribution is 5.83. The SMILES string of the molecule is NN1CCN=C1CCCOc1ccc(OCc2ccc3ccccc3n2)cc1. The third-order valence-electron chi connectivity index (χ3n) is 4.65. The Morgan fingerprint density at radius 2 is 1.71 bits per heavy atom. The maximum absolute atomic E-state index is 5.85. The number of benzene rings is 2. The zero-order valence-electron chi connectivity index (χ0n) is 15.8. The van der Waals surface area contributed by atoms with Gasteiger partial charge in [-0.2, -0.15) is 0 Å². The van der Waals surface area contributed by atoms with E-state index in [1.807, 2.05) is 48.5 Å². The molecule has 144 valence electrons. The molecule has 0 amide bonds. The van der Waals surface area contributed by atoms with E-state index in [0.29, 0.717) is 13.2 Å². The molecule has 0 spiro atoms. The highest BCUT2D eigenvalue weighted by Gasteiger charge is 2.12. The molecule has 1 aliphatic rings. The van der Waals surface area contributed by atoms with Crippen molar-refractivity contribution in [2.24, 2.45) is 10.8 Å². The van der Waals surface area contributed by atoms with Crippen molar-refractivity contribution in [3.05, 3.63) is 66.4 Å². The number of para-hydroxylation sites is 1. The van der Waals surface area contributed by atoms with Gasteiger partial charge in [-0.15, -0.1) is 0 Å². The van der Waals surface area contributed by atoms with E-state index in [1.165, 1.54) is 0 Å². The molecule has 0 unspecified atom stereocenters.